The van der Waals surface area contributed by atoms with E-state index in [0.29, 0.717) is 13.1 Å². The number of benzene rings is 2. The molecule has 1 fully saturated rings. The predicted octanol–water partition coefficient (Wildman–Crippen LogP) is 1.45. The van der Waals surface area contributed by atoms with Crippen LogP contribution >= 0.6 is 0 Å². The zero-order chi connectivity index (χ0) is 19.5. The molecule has 2 heterocycles. The number of rotatable bonds is 4. The molecule has 1 saturated heterocycles. The minimum Gasteiger partial charge on any atom is -0.329 e. The van der Waals surface area contributed by atoms with Gasteiger partial charge in [0.05, 0.1) is 0 Å². The van der Waals surface area contributed by atoms with Gasteiger partial charge in [0.1, 0.15) is 12.9 Å². The van der Waals surface area contributed by atoms with Gasteiger partial charge in [-0.05, 0) is 35.0 Å². The van der Waals surface area contributed by atoms with Crippen LogP contribution in [0.25, 0.3) is 0 Å². The molecule has 1 unspecified atom stereocenters. The van der Waals surface area contributed by atoms with Gasteiger partial charge in [0.15, 0.2) is 6.04 Å². The number of piperazine rings is 1. The number of tetrazole rings is 1. The van der Waals surface area contributed by atoms with Crippen LogP contribution in [0.4, 0.5) is 5.69 Å². The molecule has 1 atom stereocenters. The molecule has 0 aliphatic carbocycles. The molecule has 0 spiro atoms. The second-order valence-corrected chi connectivity index (χ2v) is 6.74. The lowest BCUT2D eigenvalue weighted by atomic mass is 10.1. The SMILES string of the molecule is Cc1ccc(N2CCN(C(=O)C(c3ccccc3)n3cnnn3)CC2=O)cc1. The number of aryl methyl sites for hydroxylation is 1. The molecule has 0 N–H and O–H groups in total. The largest absolute Gasteiger partial charge is 0.329 e. The van der Waals surface area contributed by atoms with Crippen LogP contribution in [0.3, 0.4) is 0 Å². The van der Waals surface area contributed by atoms with E-state index in [1.807, 2.05) is 61.5 Å². The van der Waals surface area contributed by atoms with Crippen LogP contribution in [0, 0.1) is 6.92 Å². The van der Waals surface area contributed by atoms with Crippen LogP contribution in [0.5, 0.6) is 0 Å². The van der Waals surface area contributed by atoms with Crippen LogP contribution in [-0.2, 0) is 9.59 Å². The average Bonchev–Trinajstić information content (AvgIpc) is 3.24. The van der Waals surface area contributed by atoms with E-state index < -0.39 is 6.04 Å². The first-order valence-corrected chi connectivity index (χ1v) is 9.07. The first-order valence-electron chi connectivity index (χ1n) is 9.07. The quantitative estimate of drug-likeness (QED) is 0.688. The van der Waals surface area contributed by atoms with Crippen molar-refractivity contribution in [1.82, 2.24) is 25.1 Å². The van der Waals surface area contributed by atoms with E-state index in [0.717, 1.165) is 16.8 Å². The van der Waals surface area contributed by atoms with E-state index in [4.69, 9.17) is 0 Å². The van der Waals surface area contributed by atoms with Crippen molar-refractivity contribution in [2.75, 3.05) is 24.5 Å². The second-order valence-electron chi connectivity index (χ2n) is 6.74. The van der Waals surface area contributed by atoms with Crippen molar-refractivity contribution in [2.24, 2.45) is 0 Å². The lowest BCUT2D eigenvalue weighted by Crippen LogP contribution is -2.54. The van der Waals surface area contributed by atoms with Crippen LogP contribution in [-0.4, -0.2) is 56.6 Å². The molecule has 28 heavy (non-hydrogen) atoms. The van der Waals surface area contributed by atoms with Crippen LogP contribution in [0.1, 0.15) is 17.2 Å². The third-order valence-corrected chi connectivity index (χ3v) is 4.86. The van der Waals surface area contributed by atoms with Gasteiger partial charge in [-0.25, -0.2) is 4.68 Å². The summed E-state index contributed by atoms with van der Waals surface area (Å²) in [5.41, 5.74) is 2.76. The summed E-state index contributed by atoms with van der Waals surface area (Å²) in [5.74, 6) is -0.303. The first kappa shape index (κ1) is 17.8. The molecule has 2 aromatic carbocycles. The van der Waals surface area contributed by atoms with Gasteiger partial charge in [0, 0.05) is 18.8 Å². The zero-order valence-corrected chi connectivity index (χ0v) is 15.5. The summed E-state index contributed by atoms with van der Waals surface area (Å²) in [6.45, 7) is 2.93. The Bertz CT molecular complexity index is 956. The number of hydrogen-bond acceptors (Lipinski definition) is 5. The second kappa shape index (κ2) is 7.59. The number of carbonyl (C=O) groups is 2. The summed E-state index contributed by atoms with van der Waals surface area (Å²) >= 11 is 0. The number of nitrogens with zero attached hydrogens (tertiary/aromatic N) is 6. The molecule has 142 valence electrons. The monoisotopic (exact) mass is 376 g/mol. The third kappa shape index (κ3) is 3.48. The Balaban J connectivity index is 1.54. The van der Waals surface area contributed by atoms with Gasteiger partial charge in [-0.1, -0.05) is 48.0 Å². The van der Waals surface area contributed by atoms with Gasteiger partial charge in [-0.15, -0.1) is 5.10 Å². The predicted molar refractivity (Wildman–Crippen MR) is 103 cm³/mol. The summed E-state index contributed by atoms with van der Waals surface area (Å²) in [6.07, 6.45) is 1.42. The van der Waals surface area contributed by atoms with Gasteiger partial charge in [-0.3, -0.25) is 9.59 Å². The number of anilines is 1. The molecule has 2 amide bonds. The zero-order valence-electron chi connectivity index (χ0n) is 15.5. The van der Waals surface area contributed by atoms with Gasteiger partial charge in [0.25, 0.3) is 5.91 Å². The molecular weight excluding hydrogens is 356 g/mol. The maximum absolute atomic E-state index is 13.3. The number of hydrogen-bond donors (Lipinski definition) is 0. The Kier molecular flexibility index (Phi) is 4.84. The summed E-state index contributed by atoms with van der Waals surface area (Å²) in [4.78, 5) is 29.3. The summed E-state index contributed by atoms with van der Waals surface area (Å²) in [7, 11) is 0. The summed E-state index contributed by atoms with van der Waals surface area (Å²) < 4.78 is 1.43. The molecule has 8 nitrogen and oxygen atoms in total. The Morgan fingerprint density at radius 1 is 1.04 bits per heavy atom. The van der Waals surface area contributed by atoms with E-state index in [1.165, 1.54) is 11.0 Å². The highest BCUT2D eigenvalue weighted by Crippen LogP contribution is 2.23. The van der Waals surface area contributed by atoms with Crippen molar-refractivity contribution >= 4 is 17.5 Å². The normalized spacial score (nSPS) is 15.5. The molecule has 0 radical (unpaired) electrons. The van der Waals surface area contributed by atoms with E-state index in [2.05, 4.69) is 15.5 Å². The lowest BCUT2D eigenvalue weighted by molar-refractivity contribution is -0.139. The van der Waals surface area contributed by atoms with Gasteiger partial charge in [0.2, 0.25) is 5.91 Å². The topological polar surface area (TPSA) is 84.2 Å². The molecule has 1 aliphatic rings. The van der Waals surface area contributed by atoms with Crippen molar-refractivity contribution in [3.8, 4) is 0 Å². The van der Waals surface area contributed by atoms with E-state index in [9.17, 15) is 9.59 Å². The maximum Gasteiger partial charge on any atom is 0.252 e. The average molecular weight is 376 g/mol. The third-order valence-electron chi connectivity index (χ3n) is 4.86. The highest BCUT2D eigenvalue weighted by molar-refractivity contribution is 5.98. The van der Waals surface area contributed by atoms with Crippen molar-refractivity contribution in [1.29, 1.82) is 0 Å². The van der Waals surface area contributed by atoms with Crippen molar-refractivity contribution < 1.29 is 9.59 Å². The van der Waals surface area contributed by atoms with E-state index >= 15 is 0 Å². The van der Waals surface area contributed by atoms with Crippen LogP contribution < -0.4 is 4.90 Å². The number of carbonyl (C=O) groups excluding carboxylic acids is 2. The number of amides is 2. The minimum atomic E-state index is -0.699. The van der Waals surface area contributed by atoms with Gasteiger partial charge in [-0.2, -0.15) is 0 Å². The molecule has 0 saturated carbocycles. The fourth-order valence-electron chi connectivity index (χ4n) is 3.36. The standard InChI is InChI=1S/C20H20N6O2/c1-15-7-9-17(10-8-15)25-12-11-24(13-18(25)27)20(28)19(26-14-21-22-23-26)16-5-3-2-4-6-16/h2-10,14,19H,11-13H2,1H3. The van der Waals surface area contributed by atoms with Crippen molar-refractivity contribution in [2.45, 2.75) is 13.0 Å². The van der Waals surface area contributed by atoms with Crippen molar-refractivity contribution in [3.05, 3.63) is 72.1 Å². The molecule has 3 aromatic rings. The molecule has 8 heteroatoms. The van der Waals surface area contributed by atoms with Gasteiger partial charge >= 0.3 is 0 Å². The smallest absolute Gasteiger partial charge is 0.252 e. The Morgan fingerprint density at radius 2 is 1.79 bits per heavy atom. The molecule has 4 rings (SSSR count). The highest BCUT2D eigenvalue weighted by Gasteiger charge is 2.34. The first-order chi connectivity index (χ1) is 13.6. The van der Waals surface area contributed by atoms with Crippen LogP contribution in [0.2, 0.25) is 0 Å². The fourth-order valence-corrected chi connectivity index (χ4v) is 3.36. The Labute approximate surface area is 162 Å². The van der Waals surface area contributed by atoms with Crippen LogP contribution in [0.15, 0.2) is 60.9 Å². The maximum atomic E-state index is 13.3. The van der Waals surface area contributed by atoms with E-state index in [-0.39, 0.29) is 18.4 Å². The number of aromatic nitrogens is 4. The summed E-state index contributed by atoms with van der Waals surface area (Å²) in [5, 5.41) is 11.2. The Hall–Kier alpha value is -3.55. The summed E-state index contributed by atoms with van der Waals surface area (Å²) in [6, 6.07) is 16.4. The molecular formula is C20H20N6O2. The minimum absolute atomic E-state index is 0.0260. The Morgan fingerprint density at radius 3 is 2.43 bits per heavy atom. The lowest BCUT2D eigenvalue weighted by Gasteiger charge is -2.36. The van der Waals surface area contributed by atoms with Gasteiger partial charge < -0.3 is 9.80 Å². The van der Waals surface area contributed by atoms with Crippen molar-refractivity contribution in [3.63, 3.8) is 0 Å². The molecule has 0 bridgehead atoms. The molecule has 1 aromatic heterocycles. The fraction of sp³-hybridized carbons (Fsp3) is 0.250. The highest BCUT2D eigenvalue weighted by atomic mass is 16.2. The van der Waals surface area contributed by atoms with E-state index in [1.54, 1.807) is 9.80 Å². The molecule has 1 aliphatic heterocycles.